The Kier molecular flexibility index (Phi) is 8.60. The number of imidazole rings is 1. The number of fused-ring (bicyclic) bond motifs is 1. The molecule has 0 radical (unpaired) electrons. The van der Waals surface area contributed by atoms with Crippen LogP contribution in [0.4, 0.5) is 5.95 Å². The summed E-state index contributed by atoms with van der Waals surface area (Å²) in [5.41, 5.74) is 2.72. The summed E-state index contributed by atoms with van der Waals surface area (Å²) >= 11 is 6.67. The Morgan fingerprint density at radius 1 is 1.18 bits per heavy atom. The summed E-state index contributed by atoms with van der Waals surface area (Å²) in [7, 11) is 1.75. The molecule has 2 fully saturated rings. The highest BCUT2D eigenvalue weighted by molar-refractivity contribution is 6.35. The van der Waals surface area contributed by atoms with Crippen LogP contribution >= 0.6 is 11.6 Å². The Labute approximate surface area is 233 Å². The lowest BCUT2D eigenvalue weighted by Crippen LogP contribution is -2.35. The first-order valence-corrected chi connectivity index (χ1v) is 13.9. The van der Waals surface area contributed by atoms with Crippen LogP contribution in [-0.4, -0.2) is 82.1 Å². The first kappa shape index (κ1) is 27.3. The first-order chi connectivity index (χ1) is 18.9. The lowest BCUT2D eigenvalue weighted by atomic mass is 10.1. The molecule has 3 aromatic rings. The van der Waals surface area contributed by atoms with Gasteiger partial charge in [0.25, 0.3) is 5.91 Å². The average Bonchev–Trinajstić information content (AvgIpc) is 3.45. The maximum atomic E-state index is 13.2. The lowest BCUT2D eigenvalue weighted by molar-refractivity contribution is -0.126. The number of pyridine rings is 1. The molecule has 0 spiro atoms. The van der Waals surface area contributed by atoms with E-state index in [1.54, 1.807) is 31.5 Å². The number of aryl methyl sites for hydroxylation is 1. The van der Waals surface area contributed by atoms with Gasteiger partial charge >= 0.3 is 0 Å². The number of benzene rings is 1. The summed E-state index contributed by atoms with van der Waals surface area (Å²) in [4.78, 5) is 39.5. The second-order valence-electron chi connectivity index (χ2n) is 10.3. The number of methoxy groups -OCH3 is 1. The number of ether oxygens (including phenoxy) is 1. The summed E-state index contributed by atoms with van der Waals surface area (Å²) in [5, 5.41) is 3.56. The van der Waals surface area contributed by atoms with Gasteiger partial charge < -0.3 is 14.2 Å². The number of carbonyl (C=O) groups is 2. The smallest absolute Gasteiger partial charge is 0.258 e. The monoisotopic (exact) mass is 550 g/mol. The zero-order chi connectivity index (χ0) is 27.4. The largest absolute Gasteiger partial charge is 0.380 e. The van der Waals surface area contributed by atoms with Crippen molar-refractivity contribution in [2.24, 2.45) is 0 Å². The van der Waals surface area contributed by atoms with Gasteiger partial charge in [-0.2, -0.15) is 0 Å². The van der Waals surface area contributed by atoms with E-state index >= 15 is 0 Å². The Morgan fingerprint density at radius 3 is 2.85 bits per heavy atom. The summed E-state index contributed by atoms with van der Waals surface area (Å²) in [6.45, 7) is 5.64. The number of anilines is 1. The predicted molar refractivity (Wildman–Crippen MR) is 152 cm³/mol. The number of nitrogens with zero attached hydrogens (tertiary/aromatic N) is 5. The van der Waals surface area contributed by atoms with E-state index in [9.17, 15) is 9.59 Å². The normalized spacial score (nSPS) is 20.5. The number of para-hydroxylation sites is 1. The fraction of sp³-hybridized carbons (Fsp3) is 0.448. The molecule has 4 heterocycles. The van der Waals surface area contributed by atoms with Gasteiger partial charge in [0.1, 0.15) is 0 Å². The molecule has 39 heavy (non-hydrogen) atoms. The van der Waals surface area contributed by atoms with Gasteiger partial charge in [-0.05, 0) is 56.9 Å². The summed E-state index contributed by atoms with van der Waals surface area (Å²) in [6, 6.07) is 8.89. The molecule has 0 aliphatic carbocycles. The van der Waals surface area contributed by atoms with Crippen LogP contribution in [0.1, 0.15) is 47.8 Å². The molecule has 10 heteroatoms. The molecule has 9 nitrogen and oxygen atoms in total. The minimum Gasteiger partial charge on any atom is -0.380 e. The molecule has 5 rings (SSSR count). The van der Waals surface area contributed by atoms with Gasteiger partial charge in [0.05, 0.1) is 28.2 Å². The number of halogens is 1. The number of likely N-dealkylation sites (tertiary alicyclic amines) is 2. The molecule has 2 atom stereocenters. The maximum Gasteiger partial charge on any atom is 0.258 e. The molecule has 2 aliphatic heterocycles. The van der Waals surface area contributed by atoms with Crippen LogP contribution in [0.3, 0.4) is 0 Å². The first-order valence-electron chi connectivity index (χ1n) is 13.5. The summed E-state index contributed by atoms with van der Waals surface area (Å²) in [6.07, 6.45) is 9.26. The predicted octanol–water partition coefficient (Wildman–Crippen LogP) is 4.48. The zero-order valence-electron chi connectivity index (χ0n) is 22.5. The third-order valence-corrected chi connectivity index (χ3v) is 7.86. The minimum absolute atomic E-state index is 0.00208. The average molecular weight is 551 g/mol. The Balaban J connectivity index is 1.37. The van der Waals surface area contributed by atoms with E-state index in [2.05, 4.69) is 15.2 Å². The van der Waals surface area contributed by atoms with Gasteiger partial charge in [-0.25, -0.2) is 4.98 Å². The number of hydrogen-bond acceptors (Lipinski definition) is 6. The highest BCUT2D eigenvalue weighted by Gasteiger charge is 2.28. The van der Waals surface area contributed by atoms with Crippen molar-refractivity contribution in [1.29, 1.82) is 0 Å². The molecule has 206 valence electrons. The Morgan fingerprint density at radius 2 is 2.05 bits per heavy atom. The van der Waals surface area contributed by atoms with Crippen LogP contribution in [-0.2, 0) is 9.53 Å². The number of nitrogens with one attached hydrogen (secondary N) is 1. The van der Waals surface area contributed by atoms with Crippen molar-refractivity contribution in [3.05, 3.63) is 65.0 Å². The van der Waals surface area contributed by atoms with Crippen molar-refractivity contribution in [3.63, 3.8) is 0 Å². The van der Waals surface area contributed by atoms with Crippen molar-refractivity contribution < 1.29 is 14.3 Å². The van der Waals surface area contributed by atoms with E-state index in [1.165, 1.54) is 0 Å². The molecule has 1 aromatic carbocycles. The van der Waals surface area contributed by atoms with Crippen molar-refractivity contribution in [3.8, 4) is 0 Å². The fourth-order valence-electron chi connectivity index (χ4n) is 5.50. The standard InChI is InChI=1S/C29H35ClN6O3/c1-20-17-21(11-13-31-20)28(38)33-29-32-25-9-5-8-24(30)27(25)36(29)22-7-3-4-15-35(18-22)26(37)10-6-14-34-16-12-23(19-34)39-2/h5-6,8-11,13,17,22-23H,3-4,7,12,14-16,18-19H2,1-2H3,(H,32,33,38)/t22-,23-/m1/s1. The van der Waals surface area contributed by atoms with E-state index in [-0.39, 0.29) is 24.0 Å². The highest BCUT2D eigenvalue weighted by atomic mass is 35.5. The summed E-state index contributed by atoms with van der Waals surface area (Å²) < 4.78 is 7.45. The van der Waals surface area contributed by atoms with E-state index < -0.39 is 0 Å². The highest BCUT2D eigenvalue weighted by Crippen LogP contribution is 2.34. The van der Waals surface area contributed by atoms with E-state index in [0.717, 1.165) is 56.5 Å². The molecule has 0 unspecified atom stereocenters. The second-order valence-corrected chi connectivity index (χ2v) is 10.7. The van der Waals surface area contributed by atoms with Crippen LogP contribution in [0.2, 0.25) is 5.02 Å². The number of amides is 2. The topological polar surface area (TPSA) is 92.6 Å². The van der Waals surface area contributed by atoms with E-state index in [1.807, 2.05) is 40.7 Å². The minimum atomic E-state index is -0.268. The van der Waals surface area contributed by atoms with Crippen LogP contribution in [0.5, 0.6) is 0 Å². The molecule has 2 aromatic heterocycles. The van der Waals surface area contributed by atoms with Crippen LogP contribution in [0, 0.1) is 6.92 Å². The molecule has 2 amide bonds. The van der Waals surface area contributed by atoms with Crippen LogP contribution < -0.4 is 5.32 Å². The van der Waals surface area contributed by atoms with Gasteiger partial charge in [0, 0.05) is 63.4 Å². The van der Waals surface area contributed by atoms with Crippen molar-refractivity contribution in [1.82, 2.24) is 24.3 Å². The molecular formula is C29H35ClN6O3. The van der Waals surface area contributed by atoms with Crippen LogP contribution in [0.15, 0.2) is 48.7 Å². The van der Waals surface area contributed by atoms with Crippen molar-refractivity contribution >= 4 is 40.4 Å². The van der Waals surface area contributed by atoms with Gasteiger partial charge in [-0.15, -0.1) is 0 Å². The Hall–Kier alpha value is -3.27. The quantitative estimate of drug-likeness (QED) is 0.436. The van der Waals surface area contributed by atoms with Gasteiger partial charge in [0.15, 0.2) is 0 Å². The molecule has 0 saturated carbocycles. The number of aromatic nitrogens is 3. The molecule has 2 saturated heterocycles. The number of carbonyl (C=O) groups excluding carboxylic acids is 2. The van der Waals surface area contributed by atoms with E-state index in [4.69, 9.17) is 21.3 Å². The van der Waals surface area contributed by atoms with Crippen LogP contribution in [0.25, 0.3) is 11.0 Å². The maximum absolute atomic E-state index is 13.2. The molecular weight excluding hydrogens is 516 g/mol. The molecule has 0 bridgehead atoms. The third kappa shape index (κ3) is 6.32. The number of hydrogen-bond donors (Lipinski definition) is 1. The number of rotatable bonds is 7. The van der Waals surface area contributed by atoms with Gasteiger partial charge in [-0.3, -0.25) is 24.8 Å². The molecule has 1 N–H and O–H groups in total. The van der Waals surface area contributed by atoms with Gasteiger partial charge in [0.2, 0.25) is 11.9 Å². The van der Waals surface area contributed by atoms with Crippen molar-refractivity contribution in [2.45, 2.75) is 44.8 Å². The third-order valence-electron chi connectivity index (χ3n) is 7.55. The second kappa shape index (κ2) is 12.3. The van der Waals surface area contributed by atoms with Gasteiger partial charge in [-0.1, -0.05) is 23.7 Å². The van der Waals surface area contributed by atoms with E-state index in [0.29, 0.717) is 35.1 Å². The summed E-state index contributed by atoms with van der Waals surface area (Å²) in [5.74, 6) is 0.155. The fourth-order valence-corrected chi connectivity index (χ4v) is 5.77. The molecule has 2 aliphatic rings. The SMILES string of the molecule is CO[C@@H]1CCN(CC=CC(=O)N2CCCC[C@@H](n3c(NC(=O)c4ccnc(C)c4)nc4cccc(Cl)c43)C2)C1. The zero-order valence-corrected chi connectivity index (χ0v) is 23.2. The van der Waals surface area contributed by atoms with Crippen molar-refractivity contribution in [2.75, 3.05) is 45.2 Å². The Bertz CT molecular complexity index is 1370. The lowest BCUT2D eigenvalue weighted by Gasteiger charge is -2.26.